The van der Waals surface area contributed by atoms with Gasteiger partial charge in [-0.3, -0.25) is 14.4 Å². The van der Waals surface area contributed by atoms with Gasteiger partial charge in [0, 0.05) is 29.1 Å². The lowest BCUT2D eigenvalue weighted by atomic mass is 9.95. The van der Waals surface area contributed by atoms with Crippen LogP contribution < -0.4 is 0 Å². The lowest BCUT2D eigenvalue weighted by molar-refractivity contribution is -0.140. The molecule has 0 bridgehead atoms. The number of halogens is 2. The predicted octanol–water partition coefficient (Wildman–Crippen LogP) is 3.77. The number of carbonyl (C=O) groups excluding carboxylic acids is 2. The molecule has 150 valence electrons. The Morgan fingerprint density at radius 1 is 1.07 bits per heavy atom. The van der Waals surface area contributed by atoms with Gasteiger partial charge in [-0.1, -0.05) is 29.8 Å². The third-order valence-corrected chi connectivity index (χ3v) is 4.90. The zero-order valence-electron chi connectivity index (χ0n) is 15.1. The maximum absolute atomic E-state index is 14.5. The van der Waals surface area contributed by atoms with Gasteiger partial charge in [0.2, 0.25) is 0 Å². The molecule has 1 amide bonds. The molecule has 0 aliphatic carbocycles. The Morgan fingerprint density at radius 2 is 1.72 bits per heavy atom. The van der Waals surface area contributed by atoms with Gasteiger partial charge in [0.1, 0.15) is 11.6 Å². The van der Waals surface area contributed by atoms with E-state index in [0.717, 1.165) is 4.90 Å². The number of hydrogen-bond donors (Lipinski definition) is 2. The standard InChI is InChI=1S/C21H17ClFNO5/c22-13-9-7-12(8-10-13)19(27)17-18(14-4-1-2-5-15(14)23)24(21(29)20(17)28)11-3-6-16(25)26/h1-2,4-5,7-10,18,27H,3,6,11H2,(H,25,26)/b19-17+/t18-/m1/s1. The molecule has 8 heteroatoms. The average molecular weight is 418 g/mol. The highest BCUT2D eigenvalue weighted by molar-refractivity contribution is 6.46. The molecule has 0 radical (unpaired) electrons. The maximum Gasteiger partial charge on any atom is 0.303 e. The Labute approximate surface area is 170 Å². The quantitative estimate of drug-likeness (QED) is 0.424. The van der Waals surface area contributed by atoms with Crippen LogP contribution in [0.25, 0.3) is 5.76 Å². The number of carbonyl (C=O) groups is 3. The van der Waals surface area contributed by atoms with Gasteiger partial charge in [0.25, 0.3) is 11.7 Å². The van der Waals surface area contributed by atoms with E-state index >= 15 is 0 Å². The summed E-state index contributed by atoms with van der Waals surface area (Å²) in [4.78, 5) is 37.3. The van der Waals surface area contributed by atoms with E-state index < -0.39 is 35.3 Å². The summed E-state index contributed by atoms with van der Waals surface area (Å²) < 4.78 is 14.5. The zero-order chi connectivity index (χ0) is 21.1. The number of carboxylic acid groups (broad SMARTS) is 1. The molecular weight excluding hydrogens is 401 g/mol. The molecule has 29 heavy (non-hydrogen) atoms. The molecule has 1 fully saturated rings. The summed E-state index contributed by atoms with van der Waals surface area (Å²) in [7, 11) is 0. The highest BCUT2D eigenvalue weighted by Crippen LogP contribution is 2.40. The van der Waals surface area contributed by atoms with Crippen LogP contribution in [0, 0.1) is 5.82 Å². The Balaban J connectivity index is 2.12. The monoisotopic (exact) mass is 417 g/mol. The SMILES string of the molecule is O=C(O)CCCN1C(=O)C(=O)/C(=C(/O)c2ccc(Cl)cc2)[C@H]1c1ccccc1F. The summed E-state index contributed by atoms with van der Waals surface area (Å²) >= 11 is 5.85. The summed E-state index contributed by atoms with van der Waals surface area (Å²) in [6.07, 6.45) is -0.140. The number of likely N-dealkylation sites (tertiary alicyclic amines) is 1. The second-order valence-corrected chi connectivity index (χ2v) is 6.95. The van der Waals surface area contributed by atoms with Crippen LogP contribution in [0.3, 0.4) is 0 Å². The number of hydrogen-bond acceptors (Lipinski definition) is 4. The number of amides is 1. The van der Waals surface area contributed by atoms with Crippen LogP contribution in [-0.2, 0) is 14.4 Å². The van der Waals surface area contributed by atoms with Gasteiger partial charge in [-0.05, 0) is 36.8 Å². The van der Waals surface area contributed by atoms with Crippen molar-refractivity contribution in [1.82, 2.24) is 4.90 Å². The minimum absolute atomic E-state index is 0.0394. The largest absolute Gasteiger partial charge is 0.507 e. The first kappa shape index (κ1) is 20.5. The molecule has 6 nitrogen and oxygen atoms in total. The number of aliphatic hydroxyl groups excluding tert-OH is 1. The average Bonchev–Trinajstić information content (AvgIpc) is 2.93. The van der Waals surface area contributed by atoms with Crippen molar-refractivity contribution < 1.29 is 29.0 Å². The number of aliphatic hydroxyl groups is 1. The number of Topliss-reactive ketones (excluding diaryl/α,β-unsaturated/α-hetero) is 1. The number of ketones is 1. The van der Waals surface area contributed by atoms with Gasteiger partial charge in [0.05, 0.1) is 11.6 Å². The molecule has 1 aliphatic rings. The summed E-state index contributed by atoms with van der Waals surface area (Å²) in [6, 6.07) is 10.4. The first-order valence-corrected chi connectivity index (χ1v) is 9.19. The molecule has 0 aromatic heterocycles. The van der Waals surface area contributed by atoms with Gasteiger partial charge in [-0.15, -0.1) is 0 Å². The fraction of sp³-hybridized carbons (Fsp3) is 0.190. The summed E-state index contributed by atoms with van der Waals surface area (Å²) in [6.45, 7) is -0.0761. The Morgan fingerprint density at radius 3 is 2.34 bits per heavy atom. The second-order valence-electron chi connectivity index (χ2n) is 6.52. The molecule has 0 saturated carbocycles. The molecular formula is C21H17ClFNO5. The van der Waals surface area contributed by atoms with Gasteiger partial charge >= 0.3 is 5.97 Å². The zero-order valence-corrected chi connectivity index (χ0v) is 15.9. The molecule has 0 unspecified atom stereocenters. The Bertz CT molecular complexity index is 1000. The van der Waals surface area contributed by atoms with E-state index in [1.165, 1.54) is 42.5 Å². The van der Waals surface area contributed by atoms with Crippen molar-refractivity contribution in [1.29, 1.82) is 0 Å². The van der Waals surface area contributed by atoms with Crippen LogP contribution in [0.5, 0.6) is 0 Å². The molecule has 1 aliphatic heterocycles. The Hall–Kier alpha value is -3.19. The van der Waals surface area contributed by atoms with Crippen molar-refractivity contribution in [2.75, 3.05) is 6.54 Å². The van der Waals surface area contributed by atoms with Gasteiger partial charge in [-0.2, -0.15) is 0 Å². The first-order valence-electron chi connectivity index (χ1n) is 8.82. The van der Waals surface area contributed by atoms with Gasteiger partial charge in [0.15, 0.2) is 0 Å². The number of aliphatic carboxylic acids is 1. The smallest absolute Gasteiger partial charge is 0.303 e. The van der Waals surface area contributed by atoms with Crippen molar-refractivity contribution in [3.63, 3.8) is 0 Å². The second kappa shape index (κ2) is 8.45. The van der Waals surface area contributed by atoms with E-state index in [4.69, 9.17) is 16.7 Å². The lowest BCUT2D eigenvalue weighted by Gasteiger charge is -2.25. The summed E-state index contributed by atoms with van der Waals surface area (Å²) in [5.41, 5.74) is 0.0366. The van der Waals surface area contributed by atoms with Crippen molar-refractivity contribution >= 4 is 35.0 Å². The van der Waals surface area contributed by atoms with E-state index in [0.29, 0.717) is 5.02 Å². The van der Waals surface area contributed by atoms with Crippen LogP contribution >= 0.6 is 11.6 Å². The lowest BCUT2D eigenvalue weighted by Crippen LogP contribution is -2.31. The summed E-state index contributed by atoms with van der Waals surface area (Å²) in [5, 5.41) is 20.0. The topological polar surface area (TPSA) is 94.9 Å². The van der Waals surface area contributed by atoms with Gasteiger partial charge in [-0.25, -0.2) is 4.39 Å². The van der Waals surface area contributed by atoms with Crippen molar-refractivity contribution in [3.05, 3.63) is 76.1 Å². The molecule has 1 atom stereocenters. The minimum atomic E-state index is -1.17. The number of benzene rings is 2. The minimum Gasteiger partial charge on any atom is -0.507 e. The number of rotatable bonds is 6. The number of carboxylic acids is 1. The third kappa shape index (κ3) is 4.14. The van der Waals surface area contributed by atoms with E-state index in [1.807, 2.05) is 0 Å². The Kier molecular flexibility index (Phi) is 5.98. The van der Waals surface area contributed by atoms with Crippen molar-refractivity contribution in [2.24, 2.45) is 0 Å². The fourth-order valence-corrected chi connectivity index (χ4v) is 3.42. The van der Waals surface area contributed by atoms with Crippen molar-refractivity contribution in [2.45, 2.75) is 18.9 Å². The highest BCUT2D eigenvalue weighted by Gasteiger charge is 2.46. The van der Waals surface area contributed by atoms with E-state index in [2.05, 4.69) is 0 Å². The van der Waals surface area contributed by atoms with Crippen molar-refractivity contribution in [3.8, 4) is 0 Å². The molecule has 0 spiro atoms. The van der Waals surface area contributed by atoms with E-state index in [1.54, 1.807) is 6.07 Å². The third-order valence-electron chi connectivity index (χ3n) is 4.65. The molecule has 2 N–H and O–H groups in total. The van der Waals surface area contributed by atoms with Crippen LogP contribution in [0.1, 0.15) is 30.0 Å². The molecule has 2 aromatic rings. The molecule has 1 saturated heterocycles. The van der Waals surface area contributed by atoms with Gasteiger partial charge < -0.3 is 15.1 Å². The highest BCUT2D eigenvalue weighted by atomic mass is 35.5. The first-order chi connectivity index (χ1) is 13.8. The van der Waals surface area contributed by atoms with Crippen LogP contribution in [0.15, 0.2) is 54.1 Å². The maximum atomic E-state index is 14.5. The summed E-state index contributed by atoms with van der Waals surface area (Å²) in [5.74, 6) is -4.02. The number of nitrogens with zero attached hydrogens (tertiary/aromatic N) is 1. The van der Waals surface area contributed by atoms with E-state index in [-0.39, 0.29) is 36.1 Å². The van der Waals surface area contributed by atoms with Crippen LogP contribution in [-0.4, -0.2) is 39.3 Å². The molecule has 3 rings (SSSR count). The molecule has 2 aromatic carbocycles. The molecule has 1 heterocycles. The normalized spacial score (nSPS) is 18.3. The van der Waals surface area contributed by atoms with E-state index in [9.17, 15) is 23.9 Å². The van der Waals surface area contributed by atoms with Crippen LogP contribution in [0.4, 0.5) is 4.39 Å². The van der Waals surface area contributed by atoms with Crippen LogP contribution in [0.2, 0.25) is 5.02 Å². The fourth-order valence-electron chi connectivity index (χ4n) is 3.29. The predicted molar refractivity (Wildman–Crippen MR) is 104 cm³/mol.